The summed E-state index contributed by atoms with van der Waals surface area (Å²) in [6.45, 7) is 0. The highest BCUT2D eigenvalue weighted by molar-refractivity contribution is 6.32. The number of hydrogen-bond donors (Lipinski definition) is 0. The molecule has 0 N–H and O–H groups in total. The van der Waals surface area contributed by atoms with Gasteiger partial charge in [-0.1, -0.05) is 11.6 Å². The van der Waals surface area contributed by atoms with Crippen molar-refractivity contribution in [2.75, 3.05) is 14.1 Å². The molecular weight excluding hydrogens is 302 g/mol. The Balaban J connectivity index is 2.12. The van der Waals surface area contributed by atoms with Crippen molar-refractivity contribution < 1.29 is 9.59 Å². The second-order valence-electron chi connectivity index (χ2n) is 5.65. The van der Waals surface area contributed by atoms with Gasteiger partial charge in [0.15, 0.2) is 6.29 Å². The Bertz CT molecular complexity index is 748. The van der Waals surface area contributed by atoms with E-state index in [1.807, 2.05) is 0 Å². The fourth-order valence-electron chi connectivity index (χ4n) is 2.48. The Morgan fingerprint density at radius 3 is 2.73 bits per heavy atom. The zero-order chi connectivity index (χ0) is 15.9. The second kappa shape index (κ2) is 5.57. The van der Waals surface area contributed by atoms with Crippen molar-refractivity contribution >= 4 is 23.8 Å². The van der Waals surface area contributed by atoms with Crippen LogP contribution in [0.25, 0.3) is 5.69 Å². The number of nitrogens with zero attached hydrogens (tertiary/aromatic N) is 3. The second-order valence-corrected chi connectivity index (χ2v) is 6.06. The molecule has 114 valence electrons. The molecule has 1 saturated carbocycles. The zero-order valence-electron chi connectivity index (χ0n) is 12.4. The van der Waals surface area contributed by atoms with Crippen LogP contribution in [0, 0.1) is 0 Å². The van der Waals surface area contributed by atoms with E-state index in [0.717, 1.165) is 24.8 Å². The average molecular weight is 318 g/mol. The van der Waals surface area contributed by atoms with Crippen LogP contribution in [-0.4, -0.2) is 41.0 Å². The van der Waals surface area contributed by atoms with Gasteiger partial charge < -0.3 is 4.90 Å². The molecule has 0 atom stereocenters. The lowest BCUT2D eigenvalue weighted by atomic mass is 10.1. The monoisotopic (exact) mass is 317 g/mol. The Morgan fingerprint density at radius 2 is 2.14 bits per heavy atom. The molecule has 0 radical (unpaired) electrons. The first-order chi connectivity index (χ1) is 10.5. The van der Waals surface area contributed by atoms with Crippen molar-refractivity contribution in [2.45, 2.75) is 18.8 Å². The van der Waals surface area contributed by atoms with Crippen LogP contribution in [0.3, 0.4) is 0 Å². The van der Waals surface area contributed by atoms with Gasteiger partial charge in [0.2, 0.25) is 0 Å². The quantitative estimate of drug-likeness (QED) is 0.815. The summed E-state index contributed by atoms with van der Waals surface area (Å²) in [7, 11) is 3.40. The first kappa shape index (κ1) is 14.8. The van der Waals surface area contributed by atoms with Gasteiger partial charge in [-0.3, -0.25) is 9.59 Å². The van der Waals surface area contributed by atoms with Crippen molar-refractivity contribution in [3.05, 3.63) is 46.2 Å². The predicted octanol–water partition coefficient (Wildman–Crippen LogP) is 2.92. The number of carbonyl (C=O) groups is 2. The molecule has 22 heavy (non-hydrogen) atoms. The van der Waals surface area contributed by atoms with Gasteiger partial charge in [-0.2, -0.15) is 5.10 Å². The standard InChI is InChI=1S/C16H16ClN3O2/c1-19(2)16(22)11-5-6-13(17)14(7-11)20-15(10-3-4-10)12(9-21)8-18-20/h5-10H,3-4H2,1-2H3. The predicted molar refractivity (Wildman–Crippen MR) is 84.0 cm³/mol. The molecule has 1 aliphatic carbocycles. The van der Waals surface area contributed by atoms with E-state index in [2.05, 4.69) is 5.10 Å². The molecule has 6 heteroatoms. The number of amides is 1. The lowest BCUT2D eigenvalue weighted by Crippen LogP contribution is -2.21. The first-order valence-electron chi connectivity index (χ1n) is 7.07. The molecule has 0 spiro atoms. The van der Waals surface area contributed by atoms with E-state index in [1.54, 1.807) is 43.2 Å². The van der Waals surface area contributed by atoms with Gasteiger partial charge in [-0.05, 0) is 31.0 Å². The van der Waals surface area contributed by atoms with Crippen molar-refractivity contribution in [3.63, 3.8) is 0 Å². The minimum atomic E-state index is -0.103. The molecule has 1 aromatic carbocycles. The van der Waals surface area contributed by atoms with Gasteiger partial charge in [-0.15, -0.1) is 0 Å². The summed E-state index contributed by atoms with van der Waals surface area (Å²) in [6, 6.07) is 5.10. The number of carbonyl (C=O) groups excluding carboxylic acids is 2. The number of aromatic nitrogens is 2. The van der Waals surface area contributed by atoms with E-state index in [4.69, 9.17) is 11.6 Å². The minimum absolute atomic E-state index is 0.103. The molecule has 0 unspecified atom stereocenters. The van der Waals surface area contributed by atoms with Crippen LogP contribution in [0.15, 0.2) is 24.4 Å². The number of rotatable bonds is 4. The number of benzene rings is 1. The summed E-state index contributed by atoms with van der Waals surface area (Å²) < 4.78 is 1.69. The van der Waals surface area contributed by atoms with Crippen molar-refractivity contribution in [2.24, 2.45) is 0 Å². The Labute approximate surface area is 133 Å². The van der Waals surface area contributed by atoms with E-state index in [-0.39, 0.29) is 5.91 Å². The Hall–Kier alpha value is -2.14. The fraction of sp³-hybridized carbons (Fsp3) is 0.312. The lowest BCUT2D eigenvalue weighted by Gasteiger charge is -2.14. The highest BCUT2D eigenvalue weighted by Gasteiger charge is 2.31. The van der Waals surface area contributed by atoms with Gasteiger partial charge in [-0.25, -0.2) is 4.68 Å². The average Bonchev–Trinajstić information content (AvgIpc) is 3.26. The lowest BCUT2D eigenvalue weighted by molar-refractivity contribution is 0.0827. The minimum Gasteiger partial charge on any atom is -0.345 e. The van der Waals surface area contributed by atoms with Gasteiger partial charge in [0.1, 0.15) is 0 Å². The third kappa shape index (κ3) is 2.52. The van der Waals surface area contributed by atoms with Gasteiger partial charge in [0.25, 0.3) is 5.91 Å². The highest BCUT2D eigenvalue weighted by atomic mass is 35.5. The maximum Gasteiger partial charge on any atom is 0.253 e. The van der Waals surface area contributed by atoms with Crippen LogP contribution in [0.5, 0.6) is 0 Å². The highest BCUT2D eigenvalue weighted by Crippen LogP contribution is 2.42. The summed E-state index contributed by atoms with van der Waals surface area (Å²) in [4.78, 5) is 24.8. The summed E-state index contributed by atoms with van der Waals surface area (Å²) in [5.41, 5.74) is 2.63. The molecule has 0 bridgehead atoms. The van der Waals surface area contributed by atoms with E-state index < -0.39 is 0 Å². The molecule has 1 fully saturated rings. The first-order valence-corrected chi connectivity index (χ1v) is 7.45. The fourth-order valence-corrected chi connectivity index (χ4v) is 2.68. The smallest absolute Gasteiger partial charge is 0.253 e. The molecule has 1 aliphatic rings. The maximum atomic E-state index is 12.1. The van der Waals surface area contributed by atoms with Crippen LogP contribution < -0.4 is 0 Å². The number of aldehydes is 1. The van der Waals surface area contributed by atoms with Crippen LogP contribution in [0.1, 0.15) is 45.2 Å². The van der Waals surface area contributed by atoms with Crippen molar-refractivity contribution in [3.8, 4) is 5.69 Å². The molecular formula is C16H16ClN3O2. The van der Waals surface area contributed by atoms with Crippen molar-refractivity contribution in [1.82, 2.24) is 14.7 Å². The molecule has 2 aromatic rings. The third-order valence-electron chi connectivity index (χ3n) is 3.75. The molecule has 1 aromatic heterocycles. The Morgan fingerprint density at radius 1 is 1.41 bits per heavy atom. The molecule has 5 nitrogen and oxygen atoms in total. The normalized spacial score (nSPS) is 14.0. The van der Waals surface area contributed by atoms with Gasteiger partial charge >= 0.3 is 0 Å². The molecule has 0 aliphatic heterocycles. The summed E-state index contributed by atoms with van der Waals surface area (Å²) in [5, 5.41) is 4.80. The zero-order valence-corrected chi connectivity index (χ0v) is 13.2. The largest absolute Gasteiger partial charge is 0.345 e. The summed E-state index contributed by atoms with van der Waals surface area (Å²) >= 11 is 6.29. The van der Waals surface area contributed by atoms with E-state index in [9.17, 15) is 9.59 Å². The Kier molecular flexibility index (Phi) is 3.74. The van der Waals surface area contributed by atoms with E-state index in [0.29, 0.717) is 27.8 Å². The van der Waals surface area contributed by atoms with Crippen LogP contribution >= 0.6 is 11.6 Å². The number of halogens is 1. The molecule has 3 rings (SSSR count). The van der Waals surface area contributed by atoms with E-state index >= 15 is 0 Å². The summed E-state index contributed by atoms with van der Waals surface area (Å²) in [5.74, 6) is 0.237. The molecule has 0 saturated heterocycles. The van der Waals surface area contributed by atoms with Crippen molar-refractivity contribution in [1.29, 1.82) is 0 Å². The van der Waals surface area contributed by atoms with Crippen LogP contribution in [0.4, 0.5) is 0 Å². The molecule has 1 amide bonds. The maximum absolute atomic E-state index is 12.1. The van der Waals surface area contributed by atoms with Gasteiger partial charge in [0.05, 0.1) is 28.2 Å². The topological polar surface area (TPSA) is 55.2 Å². The summed E-state index contributed by atoms with van der Waals surface area (Å²) in [6.07, 6.45) is 4.46. The van der Waals surface area contributed by atoms with Crippen LogP contribution in [-0.2, 0) is 0 Å². The third-order valence-corrected chi connectivity index (χ3v) is 4.07. The van der Waals surface area contributed by atoms with Gasteiger partial charge in [0, 0.05) is 25.6 Å². The van der Waals surface area contributed by atoms with E-state index in [1.165, 1.54) is 4.90 Å². The molecule has 1 heterocycles. The van der Waals surface area contributed by atoms with Crippen LogP contribution in [0.2, 0.25) is 5.02 Å². The SMILES string of the molecule is CN(C)C(=O)c1ccc(Cl)c(-n2ncc(C=O)c2C2CC2)c1. The number of hydrogen-bond acceptors (Lipinski definition) is 3.